The fourth-order valence-electron chi connectivity index (χ4n) is 2.54. The third-order valence-corrected chi connectivity index (χ3v) is 4.00. The Morgan fingerprint density at radius 3 is 1.41 bits per heavy atom. The molecule has 0 N–H and O–H groups in total. The maximum atomic E-state index is 11.3. The van der Waals surface area contributed by atoms with Crippen LogP contribution in [0.4, 0.5) is 0 Å². The predicted octanol–water partition coefficient (Wildman–Crippen LogP) is 5.95. The zero-order valence-corrected chi connectivity index (χ0v) is 14.8. The molecule has 0 heterocycles. The van der Waals surface area contributed by atoms with E-state index in [4.69, 9.17) is 0 Å². The van der Waals surface area contributed by atoms with Crippen molar-refractivity contribution in [2.75, 3.05) is 0 Å². The van der Waals surface area contributed by atoms with E-state index in [1.165, 1.54) is 70.6 Å². The lowest BCUT2D eigenvalue weighted by Crippen LogP contribution is -2.10. The van der Waals surface area contributed by atoms with Crippen molar-refractivity contribution in [3.63, 3.8) is 0 Å². The van der Waals surface area contributed by atoms with E-state index in [-0.39, 0.29) is 12.4 Å². The van der Waals surface area contributed by atoms with Crippen molar-refractivity contribution >= 4 is 11.9 Å². The van der Waals surface area contributed by atoms with Gasteiger partial charge in [-0.1, -0.05) is 90.9 Å². The standard InChI is InChI=1S/C19H36O3/c1-3-5-6-7-8-9-10-11-12-13-14-15-16-17-19(21)22-18(20)4-2/h3-17H2,1-2H3. The molecule has 0 unspecified atom stereocenters. The first kappa shape index (κ1) is 21.1. The van der Waals surface area contributed by atoms with Crippen LogP contribution >= 0.6 is 0 Å². The highest BCUT2D eigenvalue weighted by Crippen LogP contribution is 2.13. The molecule has 3 heteroatoms. The topological polar surface area (TPSA) is 43.4 Å². The van der Waals surface area contributed by atoms with Gasteiger partial charge in [-0.25, -0.2) is 0 Å². The van der Waals surface area contributed by atoms with Crippen molar-refractivity contribution in [3.05, 3.63) is 0 Å². The van der Waals surface area contributed by atoms with Crippen LogP contribution in [0.3, 0.4) is 0 Å². The summed E-state index contributed by atoms with van der Waals surface area (Å²) < 4.78 is 4.63. The van der Waals surface area contributed by atoms with Gasteiger partial charge in [-0.2, -0.15) is 0 Å². The highest BCUT2D eigenvalue weighted by atomic mass is 16.6. The first-order valence-corrected chi connectivity index (χ1v) is 9.44. The van der Waals surface area contributed by atoms with E-state index < -0.39 is 5.97 Å². The van der Waals surface area contributed by atoms with Crippen LogP contribution in [0.1, 0.15) is 110 Å². The second-order valence-corrected chi connectivity index (χ2v) is 6.19. The Kier molecular flexibility index (Phi) is 15.9. The van der Waals surface area contributed by atoms with Crippen LogP contribution in [0.2, 0.25) is 0 Å². The maximum Gasteiger partial charge on any atom is 0.313 e. The van der Waals surface area contributed by atoms with Gasteiger partial charge in [0.05, 0.1) is 0 Å². The van der Waals surface area contributed by atoms with Gasteiger partial charge in [-0.05, 0) is 6.42 Å². The molecule has 0 radical (unpaired) electrons. The van der Waals surface area contributed by atoms with E-state index >= 15 is 0 Å². The Balaban J connectivity index is 3.14. The number of ether oxygens (including phenoxy) is 1. The molecule has 0 aromatic heterocycles. The molecular formula is C19H36O3. The van der Waals surface area contributed by atoms with Gasteiger partial charge in [0.1, 0.15) is 0 Å². The van der Waals surface area contributed by atoms with Gasteiger partial charge in [-0.3, -0.25) is 9.59 Å². The Labute approximate surface area is 137 Å². The molecule has 0 bridgehead atoms. The van der Waals surface area contributed by atoms with Gasteiger partial charge in [0, 0.05) is 12.8 Å². The van der Waals surface area contributed by atoms with Crippen molar-refractivity contribution < 1.29 is 14.3 Å². The first-order chi connectivity index (χ1) is 10.7. The number of rotatable bonds is 15. The SMILES string of the molecule is CCCCCCCCCCCCCCCC(=O)OC(=O)CC. The van der Waals surface area contributed by atoms with Crippen LogP contribution in [-0.2, 0) is 14.3 Å². The molecular weight excluding hydrogens is 276 g/mol. The predicted molar refractivity (Wildman–Crippen MR) is 91.7 cm³/mol. The summed E-state index contributed by atoms with van der Waals surface area (Å²) >= 11 is 0. The average molecular weight is 312 g/mol. The molecule has 0 saturated heterocycles. The summed E-state index contributed by atoms with van der Waals surface area (Å²) in [5.74, 6) is -0.783. The molecule has 0 spiro atoms. The van der Waals surface area contributed by atoms with Crippen LogP contribution in [0.25, 0.3) is 0 Å². The molecule has 0 fully saturated rings. The fourth-order valence-corrected chi connectivity index (χ4v) is 2.54. The highest BCUT2D eigenvalue weighted by molar-refractivity contribution is 5.85. The van der Waals surface area contributed by atoms with Gasteiger partial charge in [0.2, 0.25) is 0 Å². The zero-order chi connectivity index (χ0) is 16.5. The number of hydrogen-bond acceptors (Lipinski definition) is 3. The summed E-state index contributed by atoms with van der Waals surface area (Å²) in [6.07, 6.45) is 17.4. The number of carbonyl (C=O) groups is 2. The molecule has 0 aromatic carbocycles. The molecule has 0 atom stereocenters. The molecule has 130 valence electrons. The highest BCUT2D eigenvalue weighted by Gasteiger charge is 2.07. The third-order valence-electron chi connectivity index (χ3n) is 4.00. The number of hydrogen-bond donors (Lipinski definition) is 0. The zero-order valence-electron chi connectivity index (χ0n) is 14.8. The molecule has 0 rings (SSSR count). The van der Waals surface area contributed by atoms with E-state index in [1.54, 1.807) is 6.92 Å². The summed E-state index contributed by atoms with van der Waals surface area (Å²) in [5, 5.41) is 0. The molecule has 0 aromatic rings. The summed E-state index contributed by atoms with van der Waals surface area (Å²) in [5.41, 5.74) is 0. The molecule has 22 heavy (non-hydrogen) atoms. The van der Waals surface area contributed by atoms with Gasteiger partial charge in [-0.15, -0.1) is 0 Å². The molecule has 0 saturated carbocycles. The van der Waals surface area contributed by atoms with E-state index in [1.807, 2.05) is 0 Å². The summed E-state index contributed by atoms with van der Waals surface area (Å²) in [6.45, 7) is 3.95. The lowest BCUT2D eigenvalue weighted by molar-refractivity contribution is -0.159. The van der Waals surface area contributed by atoms with Crippen molar-refractivity contribution in [3.8, 4) is 0 Å². The van der Waals surface area contributed by atoms with Crippen LogP contribution in [0.15, 0.2) is 0 Å². The minimum absolute atomic E-state index is 0.268. The molecule has 3 nitrogen and oxygen atoms in total. The van der Waals surface area contributed by atoms with Crippen LogP contribution in [0.5, 0.6) is 0 Å². The van der Waals surface area contributed by atoms with E-state index in [9.17, 15) is 9.59 Å². The number of carbonyl (C=O) groups excluding carboxylic acids is 2. The molecule has 0 amide bonds. The van der Waals surface area contributed by atoms with Crippen LogP contribution in [0, 0.1) is 0 Å². The Morgan fingerprint density at radius 2 is 1.00 bits per heavy atom. The van der Waals surface area contributed by atoms with Gasteiger partial charge in [0.25, 0.3) is 0 Å². The van der Waals surface area contributed by atoms with Crippen molar-refractivity contribution in [2.24, 2.45) is 0 Å². The lowest BCUT2D eigenvalue weighted by Gasteiger charge is -2.03. The minimum Gasteiger partial charge on any atom is -0.393 e. The van der Waals surface area contributed by atoms with E-state index in [2.05, 4.69) is 11.7 Å². The Hall–Kier alpha value is -0.860. The average Bonchev–Trinajstić information content (AvgIpc) is 2.51. The normalized spacial score (nSPS) is 10.6. The second-order valence-electron chi connectivity index (χ2n) is 6.19. The maximum absolute atomic E-state index is 11.3. The fraction of sp³-hybridized carbons (Fsp3) is 0.895. The first-order valence-electron chi connectivity index (χ1n) is 9.44. The molecule has 0 aliphatic heterocycles. The van der Waals surface area contributed by atoms with Gasteiger partial charge < -0.3 is 4.74 Å². The number of esters is 2. The van der Waals surface area contributed by atoms with Crippen LogP contribution in [-0.4, -0.2) is 11.9 Å². The summed E-state index contributed by atoms with van der Waals surface area (Å²) in [6, 6.07) is 0. The van der Waals surface area contributed by atoms with E-state index in [0.717, 1.165) is 12.8 Å². The monoisotopic (exact) mass is 312 g/mol. The second kappa shape index (κ2) is 16.5. The Morgan fingerprint density at radius 1 is 0.591 bits per heavy atom. The quantitative estimate of drug-likeness (QED) is 0.213. The minimum atomic E-state index is -0.417. The van der Waals surface area contributed by atoms with Crippen molar-refractivity contribution in [1.29, 1.82) is 0 Å². The third kappa shape index (κ3) is 15.5. The van der Waals surface area contributed by atoms with Gasteiger partial charge in [0.15, 0.2) is 0 Å². The number of unbranched alkanes of at least 4 members (excludes halogenated alkanes) is 12. The molecule has 0 aliphatic rings. The van der Waals surface area contributed by atoms with Crippen LogP contribution < -0.4 is 0 Å². The Bertz CT molecular complexity index is 274. The van der Waals surface area contributed by atoms with Gasteiger partial charge >= 0.3 is 11.9 Å². The largest absolute Gasteiger partial charge is 0.393 e. The van der Waals surface area contributed by atoms with Crippen molar-refractivity contribution in [2.45, 2.75) is 110 Å². The molecule has 0 aliphatic carbocycles. The van der Waals surface area contributed by atoms with Crippen molar-refractivity contribution in [1.82, 2.24) is 0 Å². The van der Waals surface area contributed by atoms with E-state index in [0.29, 0.717) is 6.42 Å². The lowest BCUT2D eigenvalue weighted by atomic mass is 10.0. The summed E-state index contributed by atoms with van der Waals surface area (Å²) in [4.78, 5) is 22.2. The smallest absolute Gasteiger partial charge is 0.313 e. The summed E-state index contributed by atoms with van der Waals surface area (Å²) in [7, 11) is 0.